The van der Waals surface area contributed by atoms with Crippen LogP contribution in [-0.4, -0.2) is 13.1 Å². The van der Waals surface area contributed by atoms with Crippen LogP contribution in [0.15, 0.2) is 18.2 Å². The fourth-order valence-electron chi connectivity index (χ4n) is 1.49. The Morgan fingerprint density at radius 3 is 2.47 bits per heavy atom. The zero-order chi connectivity index (χ0) is 11.4. The summed E-state index contributed by atoms with van der Waals surface area (Å²) in [6, 6.07) is 5.96. The number of hydrogen-bond acceptors (Lipinski definition) is 2. The van der Waals surface area contributed by atoms with Gasteiger partial charge >= 0.3 is 5.97 Å². The molecule has 0 fully saturated rings. The first-order valence-corrected chi connectivity index (χ1v) is 5.30. The summed E-state index contributed by atoms with van der Waals surface area (Å²) in [5.41, 5.74) is 3.02. The summed E-state index contributed by atoms with van der Waals surface area (Å²) in [5, 5.41) is 0. The molecule has 0 aliphatic rings. The van der Waals surface area contributed by atoms with E-state index in [0.717, 1.165) is 6.42 Å². The van der Waals surface area contributed by atoms with Gasteiger partial charge in [0, 0.05) is 0 Å². The van der Waals surface area contributed by atoms with E-state index in [4.69, 9.17) is 4.74 Å². The predicted octanol–water partition coefficient (Wildman–Crippen LogP) is 3.16. The van der Waals surface area contributed by atoms with E-state index in [1.807, 2.05) is 12.1 Å². The highest BCUT2D eigenvalue weighted by atomic mass is 16.5. The van der Waals surface area contributed by atoms with Crippen LogP contribution in [-0.2, 0) is 11.2 Å². The molecule has 0 heterocycles. The van der Waals surface area contributed by atoms with Crippen molar-refractivity contribution in [2.75, 3.05) is 7.11 Å². The second kappa shape index (κ2) is 4.96. The molecule has 1 aromatic rings. The van der Waals surface area contributed by atoms with Gasteiger partial charge in [-0.1, -0.05) is 26.8 Å². The Morgan fingerprint density at radius 2 is 2.00 bits per heavy atom. The minimum atomic E-state index is -0.257. The van der Waals surface area contributed by atoms with E-state index < -0.39 is 0 Å². The molecule has 0 saturated heterocycles. The Balaban J connectivity index is 3.17. The highest BCUT2D eigenvalue weighted by molar-refractivity contribution is 5.89. The Morgan fingerprint density at radius 1 is 1.33 bits per heavy atom. The third-order valence-corrected chi connectivity index (χ3v) is 2.51. The molecular weight excluding hydrogens is 188 g/mol. The van der Waals surface area contributed by atoms with Gasteiger partial charge in [0.15, 0.2) is 0 Å². The summed E-state index contributed by atoms with van der Waals surface area (Å²) in [6.07, 6.45) is 0.935. The van der Waals surface area contributed by atoms with Gasteiger partial charge in [0.2, 0.25) is 0 Å². The van der Waals surface area contributed by atoms with Gasteiger partial charge in [-0.25, -0.2) is 4.79 Å². The lowest BCUT2D eigenvalue weighted by Gasteiger charge is -2.10. The van der Waals surface area contributed by atoms with Gasteiger partial charge in [-0.3, -0.25) is 0 Å². The maximum atomic E-state index is 11.4. The van der Waals surface area contributed by atoms with Crippen LogP contribution >= 0.6 is 0 Å². The molecule has 82 valence electrons. The summed E-state index contributed by atoms with van der Waals surface area (Å²) in [4.78, 5) is 11.4. The molecule has 0 radical (unpaired) electrons. The van der Waals surface area contributed by atoms with Crippen LogP contribution < -0.4 is 0 Å². The monoisotopic (exact) mass is 206 g/mol. The molecule has 1 rings (SSSR count). The fourth-order valence-corrected chi connectivity index (χ4v) is 1.49. The van der Waals surface area contributed by atoms with Gasteiger partial charge in [-0.05, 0) is 35.6 Å². The van der Waals surface area contributed by atoms with Crippen LogP contribution in [0.3, 0.4) is 0 Å². The van der Waals surface area contributed by atoms with Gasteiger partial charge in [-0.15, -0.1) is 0 Å². The molecule has 15 heavy (non-hydrogen) atoms. The normalized spacial score (nSPS) is 10.5. The molecule has 0 amide bonds. The molecule has 1 aromatic carbocycles. The van der Waals surface area contributed by atoms with Crippen molar-refractivity contribution < 1.29 is 9.53 Å². The summed E-state index contributed by atoms with van der Waals surface area (Å²) in [7, 11) is 1.41. The number of rotatable bonds is 3. The molecular formula is C13H18O2. The van der Waals surface area contributed by atoms with Gasteiger partial charge in [0.1, 0.15) is 0 Å². The lowest BCUT2D eigenvalue weighted by atomic mass is 9.97. The lowest BCUT2D eigenvalue weighted by molar-refractivity contribution is 0.0600. The lowest BCUT2D eigenvalue weighted by Crippen LogP contribution is -2.04. The highest BCUT2D eigenvalue weighted by Gasteiger charge is 2.09. The maximum absolute atomic E-state index is 11.4. The molecule has 0 aliphatic heterocycles. The van der Waals surface area contributed by atoms with Crippen molar-refractivity contribution in [1.29, 1.82) is 0 Å². The van der Waals surface area contributed by atoms with E-state index >= 15 is 0 Å². The number of hydrogen-bond donors (Lipinski definition) is 0. The fraction of sp³-hybridized carbons (Fsp3) is 0.462. The standard InChI is InChI=1S/C13H18O2/c1-5-10-6-11(9(2)3)8-12(7-10)13(14)15-4/h6-9H,5H2,1-4H3. The Hall–Kier alpha value is -1.31. The molecule has 0 N–H and O–H groups in total. The van der Waals surface area contributed by atoms with Crippen LogP contribution in [0.2, 0.25) is 0 Å². The summed E-state index contributed by atoms with van der Waals surface area (Å²) < 4.78 is 4.73. The number of aryl methyl sites for hydroxylation is 1. The molecule has 2 heteroatoms. The first-order valence-electron chi connectivity index (χ1n) is 5.30. The minimum Gasteiger partial charge on any atom is -0.465 e. The highest BCUT2D eigenvalue weighted by Crippen LogP contribution is 2.19. The smallest absolute Gasteiger partial charge is 0.337 e. The first-order chi connectivity index (χ1) is 7.08. The SMILES string of the molecule is CCc1cc(C(=O)OC)cc(C(C)C)c1. The number of carbonyl (C=O) groups excluding carboxylic acids is 1. The second-order valence-corrected chi connectivity index (χ2v) is 3.96. The van der Waals surface area contributed by atoms with E-state index in [-0.39, 0.29) is 5.97 Å². The largest absolute Gasteiger partial charge is 0.465 e. The minimum absolute atomic E-state index is 0.257. The van der Waals surface area contributed by atoms with Crippen molar-refractivity contribution in [3.05, 3.63) is 34.9 Å². The van der Waals surface area contributed by atoms with Crippen molar-refractivity contribution in [3.63, 3.8) is 0 Å². The number of esters is 1. The second-order valence-electron chi connectivity index (χ2n) is 3.96. The summed E-state index contributed by atoms with van der Waals surface area (Å²) in [5.74, 6) is 0.173. The van der Waals surface area contributed by atoms with Crippen molar-refractivity contribution in [1.82, 2.24) is 0 Å². The van der Waals surface area contributed by atoms with Crippen LogP contribution in [0, 0.1) is 0 Å². The average Bonchev–Trinajstić information content (AvgIpc) is 2.27. The van der Waals surface area contributed by atoms with Gasteiger partial charge < -0.3 is 4.74 Å². The van der Waals surface area contributed by atoms with Crippen LogP contribution in [0.5, 0.6) is 0 Å². The van der Waals surface area contributed by atoms with Gasteiger partial charge in [0.25, 0.3) is 0 Å². The molecule has 2 nitrogen and oxygen atoms in total. The van der Waals surface area contributed by atoms with Crippen LogP contribution in [0.25, 0.3) is 0 Å². The van der Waals surface area contributed by atoms with Crippen molar-refractivity contribution in [2.24, 2.45) is 0 Å². The van der Waals surface area contributed by atoms with E-state index in [0.29, 0.717) is 11.5 Å². The topological polar surface area (TPSA) is 26.3 Å². The Bertz CT molecular complexity index is 354. The number of benzene rings is 1. The average molecular weight is 206 g/mol. The zero-order valence-electron chi connectivity index (χ0n) is 9.83. The molecule has 0 aliphatic carbocycles. The molecule has 0 atom stereocenters. The number of methoxy groups -OCH3 is 1. The molecule has 0 bridgehead atoms. The van der Waals surface area contributed by atoms with Crippen LogP contribution in [0.1, 0.15) is 48.2 Å². The molecule has 0 saturated carbocycles. The third kappa shape index (κ3) is 2.82. The quantitative estimate of drug-likeness (QED) is 0.710. The first kappa shape index (κ1) is 11.8. The summed E-state index contributed by atoms with van der Waals surface area (Å²) >= 11 is 0. The Labute approximate surface area is 91.3 Å². The predicted molar refractivity (Wildman–Crippen MR) is 61.2 cm³/mol. The van der Waals surface area contributed by atoms with Crippen molar-refractivity contribution in [3.8, 4) is 0 Å². The molecule has 0 aromatic heterocycles. The van der Waals surface area contributed by atoms with Crippen molar-refractivity contribution >= 4 is 5.97 Å². The number of ether oxygens (including phenoxy) is 1. The maximum Gasteiger partial charge on any atom is 0.337 e. The number of carbonyl (C=O) groups is 1. The van der Waals surface area contributed by atoms with Gasteiger partial charge in [-0.2, -0.15) is 0 Å². The van der Waals surface area contributed by atoms with E-state index in [1.165, 1.54) is 18.2 Å². The van der Waals surface area contributed by atoms with Crippen LogP contribution in [0.4, 0.5) is 0 Å². The van der Waals surface area contributed by atoms with Crippen molar-refractivity contribution in [2.45, 2.75) is 33.1 Å². The molecule has 0 unspecified atom stereocenters. The zero-order valence-corrected chi connectivity index (χ0v) is 9.83. The Kier molecular flexibility index (Phi) is 3.89. The summed E-state index contributed by atoms with van der Waals surface area (Å²) in [6.45, 7) is 6.33. The van der Waals surface area contributed by atoms with Gasteiger partial charge in [0.05, 0.1) is 12.7 Å². The van der Waals surface area contributed by atoms with E-state index in [1.54, 1.807) is 0 Å². The third-order valence-electron chi connectivity index (χ3n) is 2.51. The van der Waals surface area contributed by atoms with E-state index in [9.17, 15) is 4.79 Å². The van der Waals surface area contributed by atoms with E-state index in [2.05, 4.69) is 26.8 Å². The molecule has 0 spiro atoms.